The van der Waals surface area contributed by atoms with E-state index in [4.69, 9.17) is 11.6 Å². The number of carbonyl (C=O) groups is 1. The zero-order valence-corrected chi connectivity index (χ0v) is 13.7. The smallest absolute Gasteiger partial charge is 0.251 e. The van der Waals surface area contributed by atoms with E-state index in [-0.39, 0.29) is 24.1 Å². The number of hydrogen-bond acceptors (Lipinski definition) is 2. The van der Waals surface area contributed by atoms with Crippen LogP contribution in [-0.2, 0) is 11.3 Å². The summed E-state index contributed by atoms with van der Waals surface area (Å²) >= 11 is 9.21. The zero-order chi connectivity index (χ0) is 15.4. The number of aromatic nitrogens is 1. The number of pyridine rings is 1. The molecule has 0 bridgehead atoms. The molecule has 0 unspecified atom stereocenters. The average molecular weight is 370 g/mol. The molecule has 2 aromatic rings. The van der Waals surface area contributed by atoms with Gasteiger partial charge in [-0.3, -0.25) is 9.59 Å². The maximum Gasteiger partial charge on any atom is 0.251 e. The summed E-state index contributed by atoms with van der Waals surface area (Å²) in [5.41, 5.74) is 0.696. The molecule has 0 aliphatic carbocycles. The predicted molar refractivity (Wildman–Crippen MR) is 86.4 cm³/mol. The summed E-state index contributed by atoms with van der Waals surface area (Å²) in [5, 5.41) is 3.47. The second-order valence-corrected chi connectivity index (χ2v) is 6.01. The van der Waals surface area contributed by atoms with Crippen molar-refractivity contribution in [2.45, 2.75) is 19.5 Å². The summed E-state index contributed by atoms with van der Waals surface area (Å²) in [4.78, 5) is 23.7. The number of amides is 1. The lowest BCUT2D eigenvalue weighted by atomic mass is 10.1. The van der Waals surface area contributed by atoms with Gasteiger partial charge in [-0.2, -0.15) is 0 Å². The van der Waals surface area contributed by atoms with Crippen molar-refractivity contribution in [3.8, 4) is 0 Å². The second kappa shape index (κ2) is 6.91. The highest BCUT2D eigenvalue weighted by molar-refractivity contribution is 9.10. The minimum Gasteiger partial charge on any atom is -0.348 e. The van der Waals surface area contributed by atoms with Crippen LogP contribution in [0.3, 0.4) is 0 Å². The fourth-order valence-electron chi connectivity index (χ4n) is 1.93. The number of nitrogens with zero attached hydrogens (tertiary/aromatic N) is 1. The van der Waals surface area contributed by atoms with Gasteiger partial charge < -0.3 is 9.88 Å². The van der Waals surface area contributed by atoms with Crippen molar-refractivity contribution in [3.05, 3.63) is 68.0 Å². The predicted octanol–water partition coefficient (Wildman–Crippen LogP) is 3.14. The molecule has 0 spiro atoms. The summed E-state index contributed by atoms with van der Waals surface area (Å²) in [6, 6.07) is 10.2. The van der Waals surface area contributed by atoms with Crippen LogP contribution in [0.15, 0.2) is 51.9 Å². The van der Waals surface area contributed by atoms with Crippen LogP contribution in [0, 0.1) is 0 Å². The molecular formula is C15H14BrClN2O2. The molecule has 4 nitrogen and oxygen atoms in total. The van der Waals surface area contributed by atoms with Gasteiger partial charge in [0.15, 0.2) is 0 Å². The normalized spacial score (nSPS) is 12.0. The Morgan fingerprint density at radius 2 is 2.14 bits per heavy atom. The Morgan fingerprint density at radius 3 is 2.86 bits per heavy atom. The zero-order valence-electron chi connectivity index (χ0n) is 11.3. The Hall–Kier alpha value is -1.59. The lowest BCUT2D eigenvalue weighted by molar-refractivity contribution is -0.122. The number of hydrogen-bond donors (Lipinski definition) is 1. The molecule has 21 heavy (non-hydrogen) atoms. The number of halogens is 2. The van der Waals surface area contributed by atoms with Gasteiger partial charge in [0.25, 0.3) is 5.56 Å². The Morgan fingerprint density at radius 1 is 1.38 bits per heavy atom. The molecule has 2 rings (SSSR count). The summed E-state index contributed by atoms with van der Waals surface area (Å²) < 4.78 is 2.10. The molecule has 0 radical (unpaired) electrons. The van der Waals surface area contributed by atoms with E-state index in [2.05, 4.69) is 21.2 Å². The van der Waals surface area contributed by atoms with Gasteiger partial charge in [-0.25, -0.2) is 0 Å². The molecule has 1 heterocycles. The molecule has 110 valence electrons. The molecule has 0 saturated heterocycles. The third-order valence-corrected chi connectivity index (χ3v) is 3.69. The molecule has 1 N–H and O–H groups in total. The van der Waals surface area contributed by atoms with Crippen molar-refractivity contribution < 1.29 is 4.79 Å². The topological polar surface area (TPSA) is 51.1 Å². The van der Waals surface area contributed by atoms with Crippen molar-refractivity contribution in [2.75, 3.05) is 0 Å². The minimum absolute atomic E-state index is 0.0246. The van der Waals surface area contributed by atoms with E-state index in [1.165, 1.54) is 10.6 Å². The first-order valence-corrected chi connectivity index (χ1v) is 7.53. The van der Waals surface area contributed by atoms with Gasteiger partial charge >= 0.3 is 0 Å². The Balaban J connectivity index is 2.04. The first-order chi connectivity index (χ1) is 9.95. The van der Waals surface area contributed by atoms with E-state index in [9.17, 15) is 9.59 Å². The summed E-state index contributed by atoms with van der Waals surface area (Å²) in [6.07, 6.45) is 1.59. The van der Waals surface area contributed by atoms with Crippen LogP contribution in [0.5, 0.6) is 0 Å². The minimum atomic E-state index is -0.234. The van der Waals surface area contributed by atoms with Gasteiger partial charge in [-0.05, 0) is 46.6 Å². The molecule has 1 atom stereocenters. The van der Waals surface area contributed by atoms with E-state index in [1.807, 2.05) is 19.1 Å². The van der Waals surface area contributed by atoms with Crippen LogP contribution in [0.2, 0.25) is 5.02 Å². The number of carbonyl (C=O) groups excluding carboxylic acids is 1. The molecule has 0 aliphatic heterocycles. The maximum absolute atomic E-state index is 12.0. The summed E-state index contributed by atoms with van der Waals surface area (Å²) in [5.74, 6) is -0.234. The van der Waals surface area contributed by atoms with E-state index >= 15 is 0 Å². The van der Waals surface area contributed by atoms with Crippen molar-refractivity contribution in [1.29, 1.82) is 0 Å². The molecule has 0 aliphatic rings. The summed E-state index contributed by atoms with van der Waals surface area (Å²) in [6.45, 7) is 1.84. The SMILES string of the molecule is C[C@@H](NC(=O)Cn1cc(Br)ccc1=O)c1cccc(Cl)c1. The summed E-state index contributed by atoms with van der Waals surface area (Å²) in [7, 11) is 0. The van der Waals surface area contributed by atoms with Crippen LogP contribution in [0.1, 0.15) is 18.5 Å². The van der Waals surface area contributed by atoms with Gasteiger partial charge in [0.1, 0.15) is 6.54 Å². The number of rotatable bonds is 4. The van der Waals surface area contributed by atoms with Crippen LogP contribution < -0.4 is 10.9 Å². The largest absolute Gasteiger partial charge is 0.348 e. The molecule has 1 aromatic carbocycles. The lowest BCUT2D eigenvalue weighted by Gasteiger charge is -2.15. The van der Waals surface area contributed by atoms with E-state index in [0.717, 1.165) is 10.0 Å². The van der Waals surface area contributed by atoms with Gasteiger partial charge in [0, 0.05) is 21.8 Å². The van der Waals surface area contributed by atoms with E-state index in [1.54, 1.807) is 24.4 Å². The fraction of sp³-hybridized carbons (Fsp3) is 0.200. The molecular weight excluding hydrogens is 356 g/mol. The third-order valence-electron chi connectivity index (χ3n) is 2.99. The first kappa shape index (κ1) is 15.8. The first-order valence-electron chi connectivity index (χ1n) is 6.36. The quantitative estimate of drug-likeness (QED) is 0.900. The lowest BCUT2D eigenvalue weighted by Crippen LogP contribution is -2.33. The molecule has 0 fully saturated rings. The third kappa shape index (κ3) is 4.44. The van der Waals surface area contributed by atoms with Crippen molar-refractivity contribution in [2.24, 2.45) is 0 Å². The van der Waals surface area contributed by atoms with E-state index in [0.29, 0.717) is 5.02 Å². The second-order valence-electron chi connectivity index (χ2n) is 4.66. The van der Waals surface area contributed by atoms with Crippen molar-refractivity contribution in [3.63, 3.8) is 0 Å². The van der Waals surface area contributed by atoms with Gasteiger partial charge in [0.05, 0.1) is 6.04 Å². The standard InChI is InChI=1S/C15H14BrClN2O2/c1-10(11-3-2-4-13(17)7-11)18-14(20)9-19-8-12(16)5-6-15(19)21/h2-8,10H,9H2,1H3,(H,18,20)/t10-/m1/s1. The fourth-order valence-corrected chi connectivity index (χ4v) is 2.50. The highest BCUT2D eigenvalue weighted by atomic mass is 79.9. The Labute approximate surface area is 135 Å². The molecule has 6 heteroatoms. The van der Waals surface area contributed by atoms with Crippen LogP contribution >= 0.6 is 27.5 Å². The van der Waals surface area contributed by atoms with Gasteiger partial charge in [-0.15, -0.1) is 0 Å². The highest BCUT2D eigenvalue weighted by Crippen LogP contribution is 2.17. The molecule has 1 amide bonds. The highest BCUT2D eigenvalue weighted by Gasteiger charge is 2.11. The van der Waals surface area contributed by atoms with E-state index < -0.39 is 0 Å². The van der Waals surface area contributed by atoms with Crippen LogP contribution in [0.4, 0.5) is 0 Å². The van der Waals surface area contributed by atoms with Gasteiger partial charge in [-0.1, -0.05) is 23.7 Å². The maximum atomic E-state index is 12.0. The Kier molecular flexibility index (Phi) is 5.20. The van der Waals surface area contributed by atoms with Crippen molar-refractivity contribution in [1.82, 2.24) is 9.88 Å². The Bertz CT molecular complexity index is 715. The molecule has 1 aromatic heterocycles. The molecule has 0 saturated carbocycles. The van der Waals surface area contributed by atoms with Crippen molar-refractivity contribution >= 4 is 33.4 Å². The number of nitrogens with one attached hydrogen (secondary N) is 1. The van der Waals surface area contributed by atoms with Crippen LogP contribution in [0.25, 0.3) is 0 Å². The monoisotopic (exact) mass is 368 g/mol. The number of benzene rings is 1. The van der Waals surface area contributed by atoms with Crippen LogP contribution in [-0.4, -0.2) is 10.5 Å². The van der Waals surface area contributed by atoms with Gasteiger partial charge in [0.2, 0.25) is 5.91 Å². The average Bonchev–Trinajstić information content (AvgIpc) is 2.42.